The average Bonchev–Trinajstić information content (AvgIpc) is 2.23. The molecule has 0 fully saturated rings. The van der Waals surface area contributed by atoms with Crippen LogP contribution in [0.1, 0.15) is 16.8 Å². The summed E-state index contributed by atoms with van der Waals surface area (Å²) in [5.74, 6) is -1.02. The number of hydrogen-bond acceptors (Lipinski definition) is 3. The zero-order valence-electron chi connectivity index (χ0n) is 9.40. The van der Waals surface area contributed by atoms with Gasteiger partial charge in [-0.2, -0.15) is 0 Å². The lowest BCUT2D eigenvalue weighted by Gasteiger charge is -2.05. The second-order valence-electron chi connectivity index (χ2n) is 3.55. The molecule has 0 heterocycles. The van der Waals surface area contributed by atoms with Crippen molar-refractivity contribution in [2.24, 2.45) is 0 Å². The Morgan fingerprint density at radius 2 is 2.24 bits per heavy atom. The first-order chi connectivity index (χ1) is 8.00. The van der Waals surface area contributed by atoms with E-state index in [0.717, 1.165) is 6.07 Å². The molecule has 94 valence electrons. The number of rotatable bonds is 5. The third-order valence-corrected chi connectivity index (χ3v) is 2.96. The number of benzene rings is 1. The highest BCUT2D eigenvalue weighted by molar-refractivity contribution is 7.84. The van der Waals surface area contributed by atoms with Gasteiger partial charge in [-0.3, -0.25) is 9.00 Å². The van der Waals surface area contributed by atoms with E-state index < -0.39 is 22.5 Å². The molecule has 0 aromatic heterocycles. The minimum atomic E-state index is -0.891. The van der Waals surface area contributed by atoms with Gasteiger partial charge in [-0.15, -0.1) is 0 Å². The molecule has 0 saturated heterocycles. The van der Waals surface area contributed by atoms with E-state index in [2.05, 4.69) is 5.32 Å². The summed E-state index contributed by atoms with van der Waals surface area (Å²) in [4.78, 5) is 11.5. The molecule has 1 unspecified atom stereocenters. The lowest BCUT2D eigenvalue weighted by atomic mass is 10.2. The number of phenols is 1. The van der Waals surface area contributed by atoms with Crippen LogP contribution in [0.2, 0.25) is 0 Å². The summed E-state index contributed by atoms with van der Waals surface area (Å²) in [5.41, 5.74) is -0.111. The fraction of sp³-hybridized carbons (Fsp3) is 0.364. The first-order valence-electron chi connectivity index (χ1n) is 5.07. The quantitative estimate of drug-likeness (QED) is 0.776. The molecule has 1 aromatic carbocycles. The van der Waals surface area contributed by atoms with Gasteiger partial charge in [-0.05, 0) is 18.6 Å². The molecule has 6 heteroatoms. The Labute approximate surface area is 101 Å². The molecule has 0 aliphatic rings. The summed E-state index contributed by atoms with van der Waals surface area (Å²) in [6.07, 6.45) is 2.16. The topological polar surface area (TPSA) is 66.4 Å². The zero-order valence-corrected chi connectivity index (χ0v) is 10.2. The van der Waals surface area contributed by atoms with Crippen molar-refractivity contribution in [1.29, 1.82) is 0 Å². The molecular weight excluding hydrogens is 245 g/mol. The molecule has 0 aliphatic carbocycles. The van der Waals surface area contributed by atoms with E-state index in [-0.39, 0.29) is 11.3 Å². The summed E-state index contributed by atoms with van der Waals surface area (Å²) in [6, 6.07) is 3.35. The van der Waals surface area contributed by atoms with E-state index in [1.54, 1.807) is 6.26 Å². The van der Waals surface area contributed by atoms with Crippen molar-refractivity contribution in [3.63, 3.8) is 0 Å². The number of carbonyl (C=O) groups excluding carboxylic acids is 1. The lowest BCUT2D eigenvalue weighted by Crippen LogP contribution is -2.26. The van der Waals surface area contributed by atoms with Crippen molar-refractivity contribution in [3.8, 4) is 5.75 Å². The van der Waals surface area contributed by atoms with E-state index in [4.69, 9.17) is 5.11 Å². The number of phenolic OH excluding ortho intramolecular Hbond substituents is 1. The molecule has 0 spiro atoms. The number of amides is 1. The molecule has 2 N–H and O–H groups in total. The van der Waals surface area contributed by atoms with Crippen LogP contribution in [0.25, 0.3) is 0 Å². The van der Waals surface area contributed by atoms with Gasteiger partial charge >= 0.3 is 0 Å². The highest BCUT2D eigenvalue weighted by Crippen LogP contribution is 2.14. The molecule has 1 aromatic rings. The smallest absolute Gasteiger partial charge is 0.254 e. The third-order valence-electron chi connectivity index (χ3n) is 2.09. The van der Waals surface area contributed by atoms with Crippen molar-refractivity contribution in [1.82, 2.24) is 5.32 Å². The summed E-state index contributed by atoms with van der Waals surface area (Å²) in [7, 11) is -0.891. The first kappa shape index (κ1) is 13.6. The summed E-state index contributed by atoms with van der Waals surface area (Å²) >= 11 is 0. The van der Waals surface area contributed by atoms with Crippen LogP contribution < -0.4 is 5.32 Å². The summed E-state index contributed by atoms with van der Waals surface area (Å²) < 4.78 is 24.0. The monoisotopic (exact) mass is 259 g/mol. The van der Waals surface area contributed by atoms with E-state index in [1.807, 2.05) is 0 Å². The van der Waals surface area contributed by atoms with Gasteiger partial charge in [-0.25, -0.2) is 4.39 Å². The second kappa shape index (κ2) is 6.34. The molecule has 1 rings (SSSR count). The van der Waals surface area contributed by atoms with Crippen molar-refractivity contribution >= 4 is 16.7 Å². The third kappa shape index (κ3) is 4.52. The fourth-order valence-electron chi connectivity index (χ4n) is 1.26. The van der Waals surface area contributed by atoms with Crippen molar-refractivity contribution in [2.45, 2.75) is 6.42 Å². The van der Waals surface area contributed by atoms with Crippen molar-refractivity contribution in [2.75, 3.05) is 18.6 Å². The van der Waals surface area contributed by atoms with E-state index in [0.29, 0.717) is 18.7 Å². The Bertz CT molecular complexity index is 437. The molecule has 1 atom stereocenters. The molecule has 1 amide bonds. The Morgan fingerprint density at radius 3 is 2.82 bits per heavy atom. The Morgan fingerprint density at radius 1 is 1.53 bits per heavy atom. The van der Waals surface area contributed by atoms with E-state index >= 15 is 0 Å². The maximum atomic E-state index is 13.3. The Balaban J connectivity index is 2.50. The first-order valence-corrected chi connectivity index (χ1v) is 6.80. The van der Waals surface area contributed by atoms with Crippen LogP contribution in [0.15, 0.2) is 18.2 Å². The van der Waals surface area contributed by atoms with Crippen LogP contribution in [-0.4, -0.2) is 33.8 Å². The van der Waals surface area contributed by atoms with Crippen molar-refractivity contribution in [3.05, 3.63) is 29.6 Å². The largest absolute Gasteiger partial charge is 0.508 e. The molecule has 4 nitrogen and oxygen atoms in total. The zero-order chi connectivity index (χ0) is 12.8. The van der Waals surface area contributed by atoms with Gasteiger partial charge in [-0.1, -0.05) is 0 Å². The van der Waals surface area contributed by atoms with Gasteiger partial charge in [0, 0.05) is 35.4 Å². The number of aromatic hydroxyl groups is 1. The molecule has 0 bridgehead atoms. The van der Waals surface area contributed by atoms with Crippen LogP contribution in [0.4, 0.5) is 4.39 Å². The van der Waals surface area contributed by atoms with E-state index in [9.17, 15) is 13.4 Å². The molecule has 17 heavy (non-hydrogen) atoms. The normalized spacial score (nSPS) is 12.1. The minimum Gasteiger partial charge on any atom is -0.508 e. The highest BCUT2D eigenvalue weighted by Gasteiger charge is 2.11. The number of nitrogens with one attached hydrogen (secondary N) is 1. The lowest BCUT2D eigenvalue weighted by molar-refractivity contribution is 0.0949. The molecule has 0 aliphatic heterocycles. The van der Waals surface area contributed by atoms with Gasteiger partial charge in [0.2, 0.25) is 0 Å². The SMILES string of the molecule is CS(=O)CCCNC(=O)c1ccc(O)cc1F. The van der Waals surface area contributed by atoms with Gasteiger partial charge in [0.05, 0.1) is 5.56 Å². The van der Waals surface area contributed by atoms with Crippen LogP contribution in [0.5, 0.6) is 5.75 Å². The standard InChI is InChI=1S/C11H14FNO3S/c1-17(16)6-2-5-13-11(15)9-4-3-8(14)7-10(9)12/h3-4,7,14H,2,5-6H2,1H3,(H,13,15). The van der Waals surface area contributed by atoms with Crippen LogP contribution >= 0.6 is 0 Å². The predicted molar refractivity (Wildman–Crippen MR) is 63.9 cm³/mol. The maximum absolute atomic E-state index is 13.3. The molecule has 0 saturated carbocycles. The molecular formula is C11H14FNO3S. The predicted octanol–water partition coefficient (Wildman–Crippen LogP) is 1.03. The van der Waals surface area contributed by atoms with E-state index in [1.165, 1.54) is 12.1 Å². The summed E-state index contributed by atoms with van der Waals surface area (Å²) in [6.45, 7) is 0.346. The number of hydrogen-bond donors (Lipinski definition) is 2. The van der Waals surface area contributed by atoms with Crippen LogP contribution in [0.3, 0.4) is 0 Å². The van der Waals surface area contributed by atoms with Crippen molar-refractivity contribution < 1.29 is 18.5 Å². The minimum absolute atomic E-state index is 0.111. The number of halogens is 1. The average molecular weight is 259 g/mol. The second-order valence-corrected chi connectivity index (χ2v) is 5.11. The Hall–Kier alpha value is -1.43. The number of carbonyl (C=O) groups is 1. The molecule has 0 radical (unpaired) electrons. The summed E-state index contributed by atoms with van der Waals surface area (Å²) in [5, 5.41) is 11.5. The maximum Gasteiger partial charge on any atom is 0.254 e. The Kier molecular flexibility index (Phi) is 5.09. The van der Waals surface area contributed by atoms with Crippen LogP contribution in [-0.2, 0) is 10.8 Å². The highest BCUT2D eigenvalue weighted by atomic mass is 32.2. The van der Waals surface area contributed by atoms with Gasteiger partial charge < -0.3 is 10.4 Å². The van der Waals surface area contributed by atoms with Gasteiger partial charge in [0.1, 0.15) is 11.6 Å². The van der Waals surface area contributed by atoms with Gasteiger partial charge in [0.15, 0.2) is 0 Å². The van der Waals surface area contributed by atoms with Crippen LogP contribution in [0, 0.1) is 5.82 Å². The fourth-order valence-corrected chi connectivity index (χ4v) is 1.81. The van der Waals surface area contributed by atoms with Gasteiger partial charge in [0.25, 0.3) is 5.91 Å².